The zero-order valence-corrected chi connectivity index (χ0v) is 7.22. The van der Waals surface area contributed by atoms with Crippen molar-refractivity contribution >= 4 is 6.16 Å². The lowest BCUT2D eigenvalue weighted by Crippen LogP contribution is -2.37. The summed E-state index contributed by atoms with van der Waals surface area (Å²) < 4.78 is 9.63. The molecule has 0 aromatic carbocycles. The molecular weight excluding hydrogens is 144 g/mol. The van der Waals surface area contributed by atoms with E-state index in [9.17, 15) is 4.79 Å². The Morgan fingerprint density at radius 1 is 1.45 bits per heavy atom. The van der Waals surface area contributed by atoms with Gasteiger partial charge in [-0.3, -0.25) is 0 Å². The van der Waals surface area contributed by atoms with E-state index in [1.165, 1.54) is 0 Å². The zero-order valence-electron chi connectivity index (χ0n) is 7.22. The highest BCUT2D eigenvalue weighted by atomic mass is 16.7. The molecule has 0 amide bonds. The molecule has 11 heavy (non-hydrogen) atoms. The minimum absolute atomic E-state index is 0.00347. The second kappa shape index (κ2) is 2.72. The molecule has 1 fully saturated rings. The van der Waals surface area contributed by atoms with Crippen LogP contribution in [0.5, 0.6) is 0 Å². The first-order chi connectivity index (χ1) is 5.00. The van der Waals surface area contributed by atoms with Gasteiger partial charge in [-0.1, -0.05) is 20.8 Å². The van der Waals surface area contributed by atoms with Crippen LogP contribution in [0.4, 0.5) is 4.79 Å². The summed E-state index contributed by atoms with van der Waals surface area (Å²) in [6.07, 6.45) is 0.273. The molecule has 1 aliphatic rings. The van der Waals surface area contributed by atoms with E-state index in [4.69, 9.17) is 4.74 Å². The zero-order chi connectivity index (χ0) is 8.48. The monoisotopic (exact) mass is 158 g/mol. The average molecular weight is 158 g/mol. The predicted octanol–water partition coefficient (Wildman–Crippen LogP) is 1.96. The lowest BCUT2D eigenvalue weighted by Gasteiger charge is -2.32. The first-order valence-corrected chi connectivity index (χ1v) is 3.83. The van der Waals surface area contributed by atoms with Crippen molar-refractivity contribution in [3.63, 3.8) is 0 Å². The van der Waals surface area contributed by atoms with Crippen molar-refractivity contribution in [1.82, 2.24) is 0 Å². The van der Waals surface area contributed by atoms with Gasteiger partial charge in [-0.15, -0.1) is 0 Å². The van der Waals surface area contributed by atoms with Crippen LogP contribution in [0.25, 0.3) is 0 Å². The highest BCUT2D eigenvalue weighted by Crippen LogP contribution is 2.27. The number of carbonyl (C=O) groups excluding carboxylic acids is 1. The molecule has 0 aromatic heterocycles. The van der Waals surface area contributed by atoms with Crippen molar-refractivity contribution in [3.05, 3.63) is 0 Å². The fraction of sp³-hybridized carbons (Fsp3) is 0.875. The normalized spacial score (nSPS) is 25.7. The van der Waals surface area contributed by atoms with E-state index in [-0.39, 0.29) is 11.5 Å². The van der Waals surface area contributed by atoms with Gasteiger partial charge in [0.1, 0.15) is 6.10 Å². The summed E-state index contributed by atoms with van der Waals surface area (Å²) in [6, 6.07) is 0. The quantitative estimate of drug-likeness (QED) is 0.505. The molecule has 1 atom stereocenters. The van der Waals surface area contributed by atoms with Crippen LogP contribution in [0.1, 0.15) is 27.2 Å². The highest BCUT2D eigenvalue weighted by molar-refractivity contribution is 5.60. The molecule has 0 saturated carbocycles. The maximum atomic E-state index is 10.7. The molecule has 1 saturated heterocycles. The van der Waals surface area contributed by atoms with E-state index in [1.54, 1.807) is 0 Å². The third-order valence-electron chi connectivity index (χ3n) is 1.80. The minimum Gasteiger partial charge on any atom is -0.434 e. The topological polar surface area (TPSA) is 35.5 Å². The Bertz CT molecular complexity index is 157. The fourth-order valence-corrected chi connectivity index (χ4v) is 1.07. The summed E-state index contributed by atoms with van der Waals surface area (Å²) in [5.74, 6) is 0. The van der Waals surface area contributed by atoms with Crippen molar-refractivity contribution < 1.29 is 14.3 Å². The molecule has 0 aliphatic carbocycles. The summed E-state index contributed by atoms with van der Waals surface area (Å²) in [4.78, 5) is 10.7. The molecule has 1 unspecified atom stereocenters. The van der Waals surface area contributed by atoms with E-state index in [1.807, 2.05) is 0 Å². The van der Waals surface area contributed by atoms with Gasteiger partial charge in [-0.05, 0) is 5.41 Å². The average Bonchev–Trinajstić information content (AvgIpc) is 1.86. The van der Waals surface area contributed by atoms with Crippen LogP contribution in [0.15, 0.2) is 0 Å². The van der Waals surface area contributed by atoms with Gasteiger partial charge in [0.25, 0.3) is 0 Å². The van der Waals surface area contributed by atoms with Gasteiger partial charge in [0.2, 0.25) is 0 Å². The molecule has 0 spiro atoms. The van der Waals surface area contributed by atoms with Crippen molar-refractivity contribution in [3.8, 4) is 0 Å². The lowest BCUT2D eigenvalue weighted by atomic mass is 9.87. The van der Waals surface area contributed by atoms with Crippen LogP contribution in [0.3, 0.4) is 0 Å². The Balaban J connectivity index is 2.53. The third kappa shape index (κ3) is 2.10. The Labute approximate surface area is 66.7 Å². The Morgan fingerprint density at radius 3 is 2.45 bits per heavy atom. The fourth-order valence-electron chi connectivity index (χ4n) is 1.07. The Hall–Kier alpha value is -0.730. The van der Waals surface area contributed by atoms with Gasteiger partial charge < -0.3 is 9.47 Å². The summed E-state index contributed by atoms with van der Waals surface area (Å²) in [5, 5.41) is 0. The van der Waals surface area contributed by atoms with Crippen molar-refractivity contribution in [1.29, 1.82) is 0 Å². The van der Waals surface area contributed by atoms with Crippen molar-refractivity contribution in [2.45, 2.75) is 33.3 Å². The van der Waals surface area contributed by atoms with E-state index < -0.39 is 6.16 Å². The van der Waals surface area contributed by atoms with Crippen LogP contribution in [0, 0.1) is 5.41 Å². The van der Waals surface area contributed by atoms with E-state index in [0.717, 1.165) is 6.42 Å². The maximum Gasteiger partial charge on any atom is 0.508 e. The molecule has 64 valence electrons. The SMILES string of the molecule is CC(C)(C)C1CCOC(=O)O1. The van der Waals surface area contributed by atoms with E-state index in [0.29, 0.717) is 6.61 Å². The molecule has 0 aromatic rings. The standard InChI is InChI=1S/C8H14O3/c1-8(2,3)6-4-5-10-7(9)11-6/h6H,4-5H2,1-3H3. The molecule has 3 nitrogen and oxygen atoms in total. The van der Waals surface area contributed by atoms with Gasteiger partial charge in [-0.25, -0.2) is 4.79 Å². The predicted molar refractivity (Wildman–Crippen MR) is 40.3 cm³/mol. The summed E-state index contributed by atoms with van der Waals surface area (Å²) >= 11 is 0. The first-order valence-electron chi connectivity index (χ1n) is 3.83. The smallest absolute Gasteiger partial charge is 0.434 e. The lowest BCUT2D eigenvalue weighted by molar-refractivity contribution is -0.0621. The molecule has 1 aliphatic heterocycles. The largest absolute Gasteiger partial charge is 0.508 e. The Kier molecular flexibility index (Phi) is 2.07. The van der Waals surface area contributed by atoms with Gasteiger partial charge in [0.15, 0.2) is 0 Å². The molecule has 1 rings (SSSR count). The summed E-state index contributed by atoms with van der Waals surface area (Å²) in [6.45, 7) is 6.64. The van der Waals surface area contributed by atoms with Crippen LogP contribution in [-0.4, -0.2) is 18.9 Å². The van der Waals surface area contributed by atoms with E-state index in [2.05, 4.69) is 25.5 Å². The van der Waals surface area contributed by atoms with Gasteiger partial charge in [0.05, 0.1) is 6.61 Å². The molecule has 0 N–H and O–H groups in total. The van der Waals surface area contributed by atoms with Gasteiger partial charge in [-0.2, -0.15) is 0 Å². The number of rotatable bonds is 0. The number of ether oxygens (including phenoxy) is 2. The van der Waals surface area contributed by atoms with Crippen molar-refractivity contribution in [2.75, 3.05) is 6.61 Å². The molecule has 3 heteroatoms. The molecule has 1 heterocycles. The van der Waals surface area contributed by atoms with Crippen LogP contribution in [-0.2, 0) is 9.47 Å². The maximum absolute atomic E-state index is 10.7. The number of hydrogen-bond donors (Lipinski definition) is 0. The van der Waals surface area contributed by atoms with E-state index >= 15 is 0 Å². The van der Waals surface area contributed by atoms with Crippen molar-refractivity contribution in [2.24, 2.45) is 5.41 Å². The minimum atomic E-state index is -0.531. The Morgan fingerprint density at radius 2 is 2.09 bits per heavy atom. The van der Waals surface area contributed by atoms with Crippen LogP contribution < -0.4 is 0 Å². The van der Waals surface area contributed by atoms with Gasteiger partial charge in [0, 0.05) is 6.42 Å². The molecular formula is C8H14O3. The van der Waals surface area contributed by atoms with Crippen LogP contribution >= 0.6 is 0 Å². The second-order valence-corrected chi connectivity index (χ2v) is 3.86. The second-order valence-electron chi connectivity index (χ2n) is 3.86. The summed E-state index contributed by atoms with van der Waals surface area (Å²) in [7, 11) is 0. The van der Waals surface area contributed by atoms with Gasteiger partial charge >= 0.3 is 6.16 Å². The first kappa shape index (κ1) is 8.37. The molecule has 0 radical (unpaired) electrons. The summed E-state index contributed by atoms with van der Waals surface area (Å²) in [5.41, 5.74) is 0.0272. The third-order valence-corrected chi connectivity index (χ3v) is 1.80. The number of cyclic esters (lactones) is 2. The number of hydrogen-bond acceptors (Lipinski definition) is 3. The van der Waals surface area contributed by atoms with Crippen LogP contribution in [0.2, 0.25) is 0 Å². The highest BCUT2D eigenvalue weighted by Gasteiger charge is 2.31. The number of carbonyl (C=O) groups is 1. The molecule has 0 bridgehead atoms.